The van der Waals surface area contributed by atoms with Gasteiger partial charge in [0.15, 0.2) is 0 Å². The monoisotopic (exact) mass is 360 g/mol. The summed E-state index contributed by atoms with van der Waals surface area (Å²) in [5.41, 5.74) is 4.33. The van der Waals surface area contributed by atoms with Crippen LogP contribution < -0.4 is 0 Å². The molecule has 126 valence electrons. The van der Waals surface area contributed by atoms with Gasteiger partial charge in [-0.3, -0.25) is 4.98 Å². The molecule has 1 fully saturated rings. The van der Waals surface area contributed by atoms with Crippen molar-refractivity contribution in [3.8, 4) is 0 Å². The Morgan fingerprint density at radius 3 is 2.79 bits per heavy atom. The molecule has 0 aliphatic carbocycles. The highest BCUT2D eigenvalue weighted by Gasteiger charge is 2.28. The van der Waals surface area contributed by atoms with E-state index in [1.54, 1.807) is 11.8 Å². The molecular weight excluding hydrogens is 340 g/mol. The molecule has 5 heteroatoms. The first-order valence-electron chi connectivity index (χ1n) is 8.40. The van der Waals surface area contributed by atoms with Gasteiger partial charge in [0.1, 0.15) is 6.10 Å². The molecule has 24 heavy (non-hydrogen) atoms. The fourth-order valence-electron chi connectivity index (χ4n) is 3.78. The molecule has 1 aromatic carbocycles. The van der Waals surface area contributed by atoms with Crippen LogP contribution in [0.15, 0.2) is 35.4 Å². The first-order valence-corrected chi connectivity index (χ1v) is 9.76. The van der Waals surface area contributed by atoms with Crippen molar-refractivity contribution in [1.82, 2.24) is 9.88 Å². The molecule has 1 aromatic heterocycles. The minimum Gasteiger partial charge on any atom is -0.382 e. The van der Waals surface area contributed by atoms with Crippen molar-refractivity contribution in [3.63, 3.8) is 0 Å². The maximum atomic E-state index is 10.9. The Kier molecular flexibility index (Phi) is 4.56. The lowest BCUT2D eigenvalue weighted by Gasteiger charge is -2.30. The number of rotatable bonds is 1. The summed E-state index contributed by atoms with van der Waals surface area (Å²) in [7, 11) is 2.18. The molecule has 2 aromatic rings. The molecule has 0 spiro atoms. The highest BCUT2D eigenvalue weighted by atomic mass is 35.5. The van der Waals surface area contributed by atoms with E-state index in [2.05, 4.69) is 23.0 Å². The number of fused-ring (bicyclic) bond motifs is 2. The van der Waals surface area contributed by atoms with Crippen LogP contribution in [0.4, 0.5) is 0 Å². The SMILES string of the molecule is CN1CCC(c2ccnc3c2CSc2cc(Cl)ccc2C3O)CC1. The van der Waals surface area contributed by atoms with Crippen LogP contribution in [0.25, 0.3) is 0 Å². The molecule has 2 aliphatic heterocycles. The van der Waals surface area contributed by atoms with Gasteiger partial charge in [-0.1, -0.05) is 17.7 Å². The number of benzene rings is 1. The Hall–Kier alpha value is -1.07. The fraction of sp³-hybridized carbons (Fsp3) is 0.421. The zero-order chi connectivity index (χ0) is 16.7. The molecule has 0 saturated carbocycles. The van der Waals surface area contributed by atoms with E-state index in [-0.39, 0.29) is 0 Å². The summed E-state index contributed by atoms with van der Waals surface area (Å²) in [5, 5.41) is 11.6. The van der Waals surface area contributed by atoms with Crippen molar-refractivity contribution in [3.05, 3.63) is 57.9 Å². The van der Waals surface area contributed by atoms with E-state index >= 15 is 0 Å². The standard InChI is InChI=1S/C19H21ClN2OS/c1-22-8-5-12(6-9-22)14-4-7-21-18-16(14)11-24-17-10-13(20)2-3-15(17)19(18)23/h2-4,7,10,12,19,23H,5-6,8-9,11H2,1H3. The van der Waals surface area contributed by atoms with Gasteiger partial charge >= 0.3 is 0 Å². The Morgan fingerprint density at radius 1 is 1.21 bits per heavy atom. The van der Waals surface area contributed by atoms with Crippen LogP contribution >= 0.6 is 23.4 Å². The van der Waals surface area contributed by atoms with Gasteiger partial charge in [0.2, 0.25) is 0 Å². The molecule has 4 rings (SSSR count). The van der Waals surface area contributed by atoms with Crippen molar-refractivity contribution >= 4 is 23.4 Å². The topological polar surface area (TPSA) is 36.4 Å². The van der Waals surface area contributed by atoms with Gasteiger partial charge in [0.05, 0.1) is 5.69 Å². The molecule has 1 N–H and O–H groups in total. The van der Waals surface area contributed by atoms with E-state index in [9.17, 15) is 5.11 Å². The summed E-state index contributed by atoms with van der Waals surface area (Å²) in [6.45, 7) is 2.26. The number of pyridine rings is 1. The molecular formula is C19H21ClN2OS. The van der Waals surface area contributed by atoms with E-state index in [4.69, 9.17) is 11.6 Å². The summed E-state index contributed by atoms with van der Waals surface area (Å²) in [6.07, 6.45) is 3.54. The first kappa shape index (κ1) is 16.4. The van der Waals surface area contributed by atoms with Crippen molar-refractivity contribution in [2.75, 3.05) is 20.1 Å². The van der Waals surface area contributed by atoms with E-state index < -0.39 is 6.10 Å². The summed E-state index contributed by atoms with van der Waals surface area (Å²) in [5.74, 6) is 1.41. The van der Waals surface area contributed by atoms with Gasteiger partial charge in [0.25, 0.3) is 0 Å². The summed E-state index contributed by atoms with van der Waals surface area (Å²) in [6, 6.07) is 7.88. The second kappa shape index (κ2) is 6.68. The third-order valence-electron chi connectivity index (χ3n) is 5.18. The van der Waals surface area contributed by atoms with E-state index in [1.165, 1.54) is 24.0 Å². The van der Waals surface area contributed by atoms with Gasteiger partial charge in [-0.15, -0.1) is 11.8 Å². The van der Waals surface area contributed by atoms with Crippen LogP contribution in [0, 0.1) is 0 Å². The smallest absolute Gasteiger partial charge is 0.122 e. The van der Waals surface area contributed by atoms with Gasteiger partial charge < -0.3 is 10.0 Å². The maximum absolute atomic E-state index is 10.9. The number of likely N-dealkylation sites (tertiary alicyclic amines) is 1. The number of aromatic nitrogens is 1. The molecule has 0 amide bonds. The number of halogens is 1. The highest BCUT2D eigenvalue weighted by molar-refractivity contribution is 7.98. The minimum atomic E-state index is -0.673. The number of nitrogens with zero attached hydrogens (tertiary/aromatic N) is 2. The van der Waals surface area contributed by atoms with Crippen molar-refractivity contribution in [2.24, 2.45) is 0 Å². The number of piperidine rings is 1. The van der Waals surface area contributed by atoms with Crippen LogP contribution in [0.3, 0.4) is 0 Å². The van der Waals surface area contributed by atoms with E-state index in [1.807, 2.05) is 24.4 Å². The van der Waals surface area contributed by atoms with Crippen LogP contribution in [-0.4, -0.2) is 35.1 Å². The van der Waals surface area contributed by atoms with Crippen molar-refractivity contribution in [1.29, 1.82) is 0 Å². The molecule has 2 aliphatic rings. The van der Waals surface area contributed by atoms with Crippen molar-refractivity contribution in [2.45, 2.75) is 35.5 Å². The average molecular weight is 361 g/mol. The first-order chi connectivity index (χ1) is 11.6. The summed E-state index contributed by atoms with van der Waals surface area (Å²) < 4.78 is 0. The molecule has 3 nitrogen and oxygen atoms in total. The van der Waals surface area contributed by atoms with Gasteiger partial charge in [-0.25, -0.2) is 0 Å². The summed E-state index contributed by atoms with van der Waals surface area (Å²) >= 11 is 7.89. The third kappa shape index (κ3) is 2.97. The number of hydrogen-bond acceptors (Lipinski definition) is 4. The van der Waals surface area contributed by atoms with Gasteiger partial charge in [-0.2, -0.15) is 0 Å². The Morgan fingerprint density at radius 2 is 2.00 bits per heavy atom. The van der Waals surface area contributed by atoms with Crippen LogP contribution in [-0.2, 0) is 5.75 Å². The summed E-state index contributed by atoms with van der Waals surface area (Å²) in [4.78, 5) is 7.99. The van der Waals surface area contributed by atoms with Crippen LogP contribution in [0.1, 0.15) is 47.2 Å². The van der Waals surface area contributed by atoms with Crippen LogP contribution in [0.5, 0.6) is 0 Å². The zero-order valence-corrected chi connectivity index (χ0v) is 15.3. The molecule has 0 radical (unpaired) electrons. The number of aliphatic hydroxyl groups excluding tert-OH is 1. The molecule has 3 heterocycles. The minimum absolute atomic E-state index is 0.565. The quantitative estimate of drug-likeness (QED) is 0.825. The Balaban J connectivity index is 1.74. The van der Waals surface area contributed by atoms with Crippen LogP contribution in [0.2, 0.25) is 5.02 Å². The fourth-order valence-corrected chi connectivity index (χ4v) is 5.18. The highest BCUT2D eigenvalue weighted by Crippen LogP contribution is 2.43. The lowest BCUT2D eigenvalue weighted by molar-refractivity contribution is 0.211. The number of thioether (sulfide) groups is 1. The second-order valence-electron chi connectivity index (χ2n) is 6.71. The largest absolute Gasteiger partial charge is 0.382 e. The molecule has 1 saturated heterocycles. The average Bonchev–Trinajstić information content (AvgIpc) is 2.73. The lowest BCUT2D eigenvalue weighted by Crippen LogP contribution is -2.29. The lowest BCUT2D eigenvalue weighted by atomic mass is 9.86. The third-order valence-corrected chi connectivity index (χ3v) is 6.52. The van der Waals surface area contributed by atoms with E-state index in [0.717, 1.165) is 35.0 Å². The second-order valence-corrected chi connectivity index (χ2v) is 8.17. The predicted molar refractivity (Wildman–Crippen MR) is 98.8 cm³/mol. The molecule has 1 atom stereocenters. The number of hydrogen-bond donors (Lipinski definition) is 1. The Bertz CT molecular complexity index is 759. The zero-order valence-electron chi connectivity index (χ0n) is 13.7. The Labute approximate surface area is 152 Å². The normalized spacial score (nSPS) is 21.9. The number of aliphatic hydroxyl groups is 1. The van der Waals surface area contributed by atoms with Gasteiger partial charge in [0, 0.05) is 27.4 Å². The van der Waals surface area contributed by atoms with Crippen molar-refractivity contribution < 1.29 is 5.11 Å². The molecule has 1 unspecified atom stereocenters. The molecule has 0 bridgehead atoms. The predicted octanol–water partition coefficient (Wildman–Crippen LogP) is 4.23. The van der Waals surface area contributed by atoms with E-state index in [0.29, 0.717) is 10.9 Å². The van der Waals surface area contributed by atoms with Gasteiger partial charge in [-0.05, 0) is 68.2 Å². The maximum Gasteiger partial charge on any atom is 0.122 e.